The normalized spacial score (nSPS) is 23.2. The summed E-state index contributed by atoms with van der Waals surface area (Å²) in [6.45, 7) is 1.95. The molecule has 0 aliphatic carbocycles. The van der Waals surface area contributed by atoms with Crippen LogP contribution in [0.5, 0.6) is 0 Å². The quantitative estimate of drug-likeness (QED) is 0.749. The van der Waals surface area contributed by atoms with Gasteiger partial charge in [0.25, 0.3) is 0 Å². The lowest BCUT2D eigenvalue weighted by molar-refractivity contribution is -0.129. The van der Waals surface area contributed by atoms with Crippen molar-refractivity contribution in [2.45, 2.75) is 18.9 Å². The fraction of sp³-hybridized carbons (Fsp3) is 0.286. The maximum absolute atomic E-state index is 12.0. The maximum atomic E-state index is 12.0. The zero-order valence-electron chi connectivity index (χ0n) is 11.2. The highest BCUT2D eigenvalue weighted by Crippen LogP contribution is 2.34. The first-order valence-electron chi connectivity index (χ1n) is 6.31. The highest BCUT2D eigenvalue weighted by molar-refractivity contribution is 9.10. The minimum Gasteiger partial charge on any atom is -0.361 e. The number of H-pyrrole nitrogens is 1. The summed E-state index contributed by atoms with van der Waals surface area (Å²) < 4.78 is 0.990. The Morgan fingerprint density at radius 3 is 2.90 bits per heavy atom. The van der Waals surface area contributed by atoms with Crippen LogP contribution in [0.4, 0.5) is 0 Å². The molecule has 0 radical (unpaired) electrons. The van der Waals surface area contributed by atoms with Gasteiger partial charge in [-0.3, -0.25) is 15.1 Å². The molecule has 0 spiro atoms. The molecule has 1 unspecified atom stereocenters. The van der Waals surface area contributed by atoms with Gasteiger partial charge in [-0.05, 0) is 25.1 Å². The minimum absolute atomic E-state index is 0.0550. The van der Waals surface area contributed by atoms with Crippen molar-refractivity contribution in [2.24, 2.45) is 0 Å². The molecule has 2 heterocycles. The molecule has 1 amide bonds. The number of benzene rings is 1. The SMILES string of the molecule is CN1C(=N)NC(C)(c2c[nH]c3ccc(Br)cc23)CC1=O. The van der Waals surface area contributed by atoms with Gasteiger partial charge in [0.05, 0.1) is 12.0 Å². The summed E-state index contributed by atoms with van der Waals surface area (Å²) in [7, 11) is 1.61. The number of guanidine groups is 1. The zero-order valence-corrected chi connectivity index (χ0v) is 12.8. The molecule has 6 heteroatoms. The van der Waals surface area contributed by atoms with Gasteiger partial charge >= 0.3 is 0 Å². The van der Waals surface area contributed by atoms with Crippen molar-refractivity contribution >= 4 is 38.7 Å². The number of amides is 1. The van der Waals surface area contributed by atoms with E-state index in [0.717, 1.165) is 20.9 Å². The van der Waals surface area contributed by atoms with Gasteiger partial charge in [0.15, 0.2) is 5.96 Å². The lowest BCUT2D eigenvalue weighted by Gasteiger charge is -2.39. The van der Waals surface area contributed by atoms with Crippen molar-refractivity contribution in [3.05, 3.63) is 34.4 Å². The lowest BCUT2D eigenvalue weighted by atomic mass is 9.86. The molecule has 104 valence electrons. The van der Waals surface area contributed by atoms with Crippen LogP contribution in [-0.2, 0) is 10.3 Å². The first-order chi connectivity index (χ1) is 9.40. The van der Waals surface area contributed by atoms with E-state index in [9.17, 15) is 4.79 Å². The van der Waals surface area contributed by atoms with Gasteiger partial charge in [0, 0.05) is 34.2 Å². The van der Waals surface area contributed by atoms with E-state index in [0.29, 0.717) is 6.42 Å². The second-order valence-corrected chi connectivity index (χ2v) is 6.24. The Balaban J connectivity index is 2.12. The molecule has 0 bridgehead atoms. The average Bonchev–Trinajstić information content (AvgIpc) is 2.79. The van der Waals surface area contributed by atoms with Gasteiger partial charge < -0.3 is 10.3 Å². The third-order valence-electron chi connectivity index (χ3n) is 3.85. The molecule has 1 aliphatic rings. The Morgan fingerprint density at radius 1 is 1.45 bits per heavy atom. The molecule has 3 N–H and O–H groups in total. The number of fused-ring (bicyclic) bond motifs is 1. The number of hydrogen-bond acceptors (Lipinski definition) is 2. The van der Waals surface area contributed by atoms with E-state index < -0.39 is 5.54 Å². The number of halogens is 1. The first-order valence-corrected chi connectivity index (χ1v) is 7.10. The summed E-state index contributed by atoms with van der Waals surface area (Å²) in [6.07, 6.45) is 2.24. The van der Waals surface area contributed by atoms with Gasteiger partial charge in [-0.1, -0.05) is 15.9 Å². The van der Waals surface area contributed by atoms with Crippen molar-refractivity contribution in [1.29, 1.82) is 5.41 Å². The Hall–Kier alpha value is -1.82. The number of hydrogen-bond donors (Lipinski definition) is 3. The van der Waals surface area contributed by atoms with E-state index in [2.05, 4.69) is 26.2 Å². The molecule has 2 aromatic rings. The third-order valence-corrected chi connectivity index (χ3v) is 4.34. The summed E-state index contributed by atoms with van der Waals surface area (Å²) >= 11 is 3.47. The van der Waals surface area contributed by atoms with Crippen molar-refractivity contribution < 1.29 is 4.79 Å². The monoisotopic (exact) mass is 334 g/mol. The summed E-state index contributed by atoms with van der Waals surface area (Å²) in [5.41, 5.74) is 1.45. The molecular weight excluding hydrogens is 320 g/mol. The van der Waals surface area contributed by atoms with Crippen LogP contribution in [0.2, 0.25) is 0 Å². The van der Waals surface area contributed by atoms with Crippen LogP contribution in [0.1, 0.15) is 18.9 Å². The Bertz CT molecular complexity index is 703. The predicted octanol–water partition coefficient (Wildman–Crippen LogP) is 2.53. The number of nitrogens with zero attached hydrogens (tertiary/aromatic N) is 1. The van der Waals surface area contributed by atoms with E-state index in [1.807, 2.05) is 31.3 Å². The van der Waals surface area contributed by atoms with Crippen LogP contribution >= 0.6 is 15.9 Å². The fourth-order valence-electron chi connectivity index (χ4n) is 2.65. The van der Waals surface area contributed by atoms with E-state index in [1.165, 1.54) is 4.90 Å². The Labute approximate surface area is 125 Å². The second kappa shape index (κ2) is 4.34. The third kappa shape index (κ3) is 1.91. The molecule has 1 saturated heterocycles. The molecular formula is C14H15BrN4O. The molecule has 1 atom stereocenters. The van der Waals surface area contributed by atoms with Crippen molar-refractivity contribution in [2.75, 3.05) is 7.05 Å². The molecule has 3 rings (SSSR count). The van der Waals surface area contributed by atoms with Crippen molar-refractivity contribution in [3.8, 4) is 0 Å². The van der Waals surface area contributed by atoms with Crippen LogP contribution in [0.3, 0.4) is 0 Å². The second-order valence-electron chi connectivity index (χ2n) is 5.33. The summed E-state index contributed by atoms with van der Waals surface area (Å²) in [4.78, 5) is 16.6. The number of aromatic nitrogens is 1. The standard InChI is InChI=1S/C14H15BrN4O/c1-14(6-12(20)19(2)13(16)18-14)10-7-17-11-4-3-8(15)5-9(10)11/h3-5,7,17H,6H2,1-2H3,(H2,16,18). The summed E-state index contributed by atoms with van der Waals surface area (Å²) in [5.74, 6) is 0.0775. The van der Waals surface area contributed by atoms with Crippen LogP contribution in [0, 0.1) is 5.41 Å². The van der Waals surface area contributed by atoms with Crippen LogP contribution in [0.25, 0.3) is 10.9 Å². The molecule has 1 aromatic carbocycles. The molecule has 1 aromatic heterocycles. The fourth-order valence-corrected chi connectivity index (χ4v) is 3.01. The van der Waals surface area contributed by atoms with Gasteiger partial charge in [-0.15, -0.1) is 0 Å². The van der Waals surface area contributed by atoms with Crippen LogP contribution in [-0.4, -0.2) is 28.8 Å². The van der Waals surface area contributed by atoms with E-state index in [1.54, 1.807) is 7.05 Å². The summed E-state index contributed by atoms with van der Waals surface area (Å²) in [6, 6.07) is 6.00. The number of aromatic amines is 1. The maximum Gasteiger partial charge on any atom is 0.231 e. The number of nitrogens with one attached hydrogen (secondary N) is 3. The van der Waals surface area contributed by atoms with E-state index in [-0.39, 0.29) is 11.9 Å². The van der Waals surface area contributed by atoms with E-state index >= 15 is 0 Å². The molecule has 5 nitrogen and oxygen atoms in total. The zero-order chi connectivity index (χ0) is 14.5. The number of carbonyl (C=O) groups excluding carboxylic acids is 1. The highest BCUT2D eigenvalue weighted by atomic mass is 79.9. The predicted molar refractivity (Wildman–Crippen MR) is 81.6 cm³/mol. The molecule has 1 fully saturated rings. The molecule has 0 saturated carbocycles. The Morgan fingerprint density at radius 2 is 2.20 bits per heavy atom. The van der Waals surface area contributed by atoms with E-state index in [4.69, 9.17) is 5.41 Å². The highest BCUT2D eigenvalue weighted by Gasteiger charge is 2.39. The number of carbonyl (C=O) groups is 1. The molecule has 20 heavy (non-hydrogen) atoms. The smallest absolute Gasteiger partial charge is 0.231 e. The topological polar surface area (TPSA) is 72.0 Å². The van der Waals surface area contributed by atoms with Crippen LogP contribution in [0.15, 0.2) is 28.9 Å². The Kier molecular flexibility index (Phi) is 2.86. The first kappa shape index (κ1) is 13.2. The average molecular weight is 335 g/mol. The summed E-state index contributed by atoms with van der Waals surface area (Å²) in [5, 5.41) is 12.1. The van der Waals surface area contributed by atoms with Crippen LogP contribution < -0.4 is 5.32 Å². The van der Waals surface area contributed by atoms with Crippen molar-refractivity contribution in [1.82, 2.24) is 15.2 Å². The molecule has 1 aliphatic heterocycles. The van der Waals surface area contributed by atoms with Gasteiger partial charge in [0.2, 0.25) is 5.91 Å². The number of rotatable bonds is 1. The lowest BCUT2D eigenvalue weighted by Crippen LogP contribution is -2.58. The van der Waals surface area contributed by atoms with Gasteiger partial charge in [-0.2, -0.15) is 0 Å². The van der Waals surface area contributed by atoms with Gasteiger partial charge in [-0.25, -0.2) is 0 Å². The minimum atomic E-state index is -0.570. The van der Waals surface area contributed by atoms with Crippen molar-refractivity contribution in [3.63, 3.8) is 0 Å². The van der Waals surface area contributed by atoms with Gasteiger partial charge in [0.1, 0.15) is 0 Å². The largest absolute Gasteiger partial charge is 0.361 e.